The molecule has 1 fully saturated rings. The Kier molecular flexibility index (Phi) is 3.21. The fourth-order valence-corrected chi connectivity index (χ4v) is 2.40. The average Bonchev–Trinajstić information content (AvgIpc) is 2.76. The van der Waals surface area contributed by atoms with Gasteiger partial charge in [0.2, 0.25) is 0 Å². The Hall–Kier alpha value is -1.34. The van der Waals surface area contributed by atoms with E-state index in [4.69, 9.17) is 5.26 Å². The van der Waals surface area contributed by atoms with E-state index >= 15 is 0 Å². The molecule has 0 amide bonds. The van der Waals surface area contributed by atoms with Gasteiger partial charge in [0.15, 0.2) is 0 Å². The van der Waals surface area contributed by atoms with E-state index in [2.05, 4.69) is 36.8 Å². The molecule has 1 aliphatic rings. The van der Waals surface area contributed by atoms with Gasteiger partial charge in [-0.3, -0.25) is 9.58 Å². The Labute approximate surface area is 103 Å². The molecular weight excluding hydrogens is 212 g/mol. The fourth-order valence-electron chi connectivity index (χ4n) is 2.40. The summed E-state index contributed by atoms with van der Waals surface area (Å²) in [5.41, 5.74) is 0.913. The predicted octanol–water partition coefficient (Wildman–Crippen LogP) is 2.19. The third-order valence-corrected chi connectivity index (χ3v) is 3.52. The molecule has 4 heteroatoms. The zero-order valence-corrected chi connectivity index (χ0v) is 10.8. The fraction of sp³-hybridized carbons (Fsp3) is 0.692. The van der Waals surface area contributed by atoms with E-state index in [0.717, 1.165) is 25.9 Å². The van der Waals surface area contributed by atoms with Crippen molar-refractivity contribution >= 4 is 0 Å². The summed E-state index contributed by atoms with van der Waals surface area (Å²) in [7, 11) is 0. The minimum atomic E-state index is 0.257. The average molecular weight is 232 g/mol. The summed E-state index contributed by atoms with van der Waals surface area (Å²) in [6.45, 7) is 8.99. The third-order valence-electron chi connectivity index (χ3n) is 3.52. The maximum absolute atomic E-state index is 8.79. The molecule has 1 aromatic heterocycles. The smallest absolute Gasteiger partial charge is 0.102 e. The van der Waals surface area contributed by atoms with Crippen LogP contribution in [0.1, 0.15) is 45.2 Å². The van der Waals surface area contributed by atoms with E-state index < -0.39 is 0 Å². The lowest BCUT2D eigenvalue weighted by molar-refractivity contribution is 0.0870. The summed E-state index contributed by atoms with van der Waals surface area (Å²) in [4.78, 5) is 2.51. The van der Waals surface area contributed by atoms with E-state index in [1.54, 1.807) is 6.20 Å². The molecule has 0 aromatic carbocycles. The first-order chi connectivity index (χ1) is 8.00. The molecule has 1 aromatic rings. The Morgan fingerprint density at radius 2 is 2.00 bits per heavy atom. The number of hydrogen-bond donors (Lipinski definition) is 0. The van der Waals surface area contributed by atoms with Gasteiger partial charge in [-0.2, -0.15) is 10.4 Å². The van der Waals surface area contributed by atoms with Crippen molar-refractivity contribution in [2.75, 3.05) is 13.1 Å². The number of nitrogens with zero attached hydrogens (tertiary/aromatic N) is 4. The summed E-state index contributed by atoms with van der Waals surface area (Å²) >= 11 is 0. The second-order valence-electron chi connectivity index (χ2n) is 5.71. The van der Waals surface area contributed by atoms with Gasteiger partial charge in [-0.05, 0) is 33.6 Å². The first-order valence-corrected chi connectivity index (χ1v) is 6.20. The Balaban J connectivity index is 1.98. The highest BCUT2D eigenvalue weighted by Crippen LogP contribution is 2.26. The van der Waals surface area contributed by atoms with Gasteiger partial charge >= 0.3 is 0 Å². The summed E-state index contributed by atoms with van der Waals surface area (Å²) in [5, 5.41) is 13.1. The molecule has 0 radical (unpaired) electrons. The number of piperidine rings is 1. The molecule has 2 rings (SSSR count). The van der Waals surface area contributed by atoms with Crippen LogP contribution in [-0.4, -0.2) is 33.3 Å². The van der Waals surface area contributed by atoms with E-state index in [1.165, 1.54) is 0 Å². The van der Waals surface area contributed by atoms with Crippen LogP contribution in [0.4, 0.5) is 0 Å². The monoisotopic (exact) mass is 232 g/mol. The van der Waals surface area contributed by atoms with Crippen LogP contribution in [0.2, 0.25) is 0 Å². The van der Waals surface area contributed by atoms with Gasteiger partial charge in [0, 0.05) is 24.8 Å². The van der Waals surface area contributed by atoms with Crippen LogP contribution in [0.5, 0.6) is 0 Å². The van der Waals surface area contributed by atoms with Crippen molar-refractivity contribution in [3.05, 3.63) is 18.0 Å². The molecule has 4 nitrogen and oxygen atoms in total. The Morgan fingerprint density at radius 1 is 1.35 bits per heavy atom. The van der Waals surface area contributed by atoms with E-state index in [1.807, 2.05) is 10.9 Å². The first kappa shape index (κ1) is 12.1. The van der Waals surface area contributed by atoms with Crippen molar-refractivity contribution in [1.29, 1.82) is 5.26 Å². The minimum absolute atomic E-state index is 0.257. The van der Waals surface area contributed by atoms with Gasteiger partial charge in [-0.25, -0.2) is 0 Å². The number of rotatable bonds is 1. The second-order valence-corrected chi connectivity index (χ2v) is 5.71. The molecule has 0 bridgehead atoms. The molecule has 0 aliphatic carbocycles. The number of nitriles is 1. The van der Waals surface area contributed by atoms with Gasteiger partial charge in [0.1, 0.15) is 6.07 Å². The number of likely N-dealkylation sites (tertiary alicyclic amines) is 1. The molecule has 92 valence electrons. The quantitative estimate of drug-likeness (QED) is 0.745. The lowest BCUT2D eigenvalue weighted by Crippen LogP contribution is -2.46. The minimum Gasteiger partial charge on any atom is -0.298 e. The molecule has 2 heterocycles. The SMILES string of the molecule is CC(C)(C)N1CCC(n2cc(C#N)cn2)CC1. The van der Waals surface area contributed by atoms with Crippen molar-refractivity contribution in [3.8, 4) is 6.07 Å². The highest BCUT2D eigenvalue weighted by Gasteiger charge is 2.27. The molecule has 0 saturated carbocycles. The summed E-state index contributed by atoms with van der Waals surface area (Å²) in [6.07, 6.45) is 5.74. The lowest BCUT2D eigenvalue weighted by Gasteiger charge is -2.40. The standard InChI is InChI=1S/C13H20N4/c1-13(2,3)16-6-4-12(5-7-16)17-10-11(8-14)9-15-17/h9-10,12H,4-7H2,1-3H3. The van der Waals surface area contributed by atoms with Crippen molar-refractivity contribution in [2.24, 2.45) is 0 Å². The highest BCUT2D eigenvalue weighted by molar-refractivity contribution is 5.21. The number of aromatic nitrogens is 2. The largest absolute Gasteiger partial charge is 0.298 e. The maximum atomic E-state index is 8.79. The zero-order chi connectivity index (χ0) is 12.5. The predicted molar refractivity (Wildman–Crippen MR) is 66.5 cm³/mol. The van der Waals surface area contributed by atoms with Crippen LogP contribution in [0, 0.1) is 11.3 Å². The van der Waals surface area contributed by atoms with Crippen LogP contribution in [0.3, 0.4) is 0 Å². The second kappa shape index (κ2) is 4.50. The first-order valence-electron chi connectivity index (χ1n) is 6.20. The highest BCUT2D eigenvalue weighted by atomic mass is 15.3. The van der Waals surface area contributed by atoms with E-state index in [-0.39, 0.29) is 5.54 Å². The Morgan fingerprint density at radius 3 is 2.47 bits per heavy atom. The van der Waals surface area contributed by atoms with Gasteiger partial charge < -0.3 is 0 Å². The molecule has 0 unspecified atom stereocenters. The molecule has 0 atom stereocenters. The van der Waals surface area contributed by atoms with Crippen LogP contribution in [-0.2, 0) is 0 Å². The third kappa shape index (κ3) is 2.67. The lowest BCUT2D eigenvalue weighted by atomic mass is 9.98. The topological polar surface area (TPSA) is 44.9 Å². The molecular formula is C13H20N4. The zero-order valence-electron chi connectivity index (χ0n) is 10.8. The van der Waals surface area contributed by atoms with E-state index in [9.17, 15) is 0 Å². The molecule has 1 aliphatic heterocycles. The van der Waals surface area contributed by atoms with Crippen LogP contribution >= 0.6 is 0 Å². The summed E-state index contributed by atoms with van der Waals surface area (Å²) in [6, 6.07) is 2.58. The van der Waals surface area contributed by atoms with Crippen molar-refractivity contribution in [3.63, 3.8) is 0 Å². The van der Waals surface area contributed by atoms with Crippen LogP contribution < -0.4 is 0 Å². The van der Waals surface area contributed by atoms with Gasteiger partial charge in [0.25, 0.3) is 0 Å². The van der Waals surface area contributed by atoms with Gasteiger partial charge in [0.05, 0.1) is 17.8 Å². The molecule has 0 spiro atoms. The van der Waals surface area contributed by atoms with Crippen molar-refractivity contribution in [1.82, 2.24) is 14.7 Å². The van der Waals surface area contributed by atoms with Crippen molar-refractivity contribution in [2.45, 2.75) is 45.2 Å². The van der Waals surface area contributed by atoms with Crippen molar-refractivity contribution < 1.29 is 0 Å². The van der Waals surface area contributed by atoms with Gasteiger partial charge in [-0.1, -0.05) is 0 Å². The molecule has 17 heavy (non-hydrogen) atoms. The molecule has 1 saturated heterocycles. The van der Waals surface area contributed by atoms with Crippen LogP contribution in [0.25, 0.3) is 0 Å². The number of hydrogen-bond acceptors (Lipinski definition) is 3. The van der Waals surface area contributed by atoms with Gasteiger partial charge in [-0.15, -0.1) is 0 Å². The summed E-state index contributed by atoms with van der Waals surface area (Å²) < 4.78 is 1.96. The Bertz CT molecular complexity index is 413. The maximum Gasteiger partial charge on any atom is 0.102 e. The molecule has 0 N–H and O–H groups in total. The van der Waals surface area contributed by atoms with E-state index in [0.29, 0.717) is 11.6 Å². The normalized spacial score (nSPS) is 19.2. The van der Waals surface area contributed by atoms with Crippen LogP contribution in [0.15, 0.2) is 12.4 Å². The summed E-state index contributed by atoms with van der Waals surface area (Å²) in [5.74, 6) is 0.